The summed E-state index contributed by atoms with van der Waals surface area (Å²) in [5, 5.41) is 5.78. The van der Waals surface area contributed by atoms with Gasteiger partial charge in [0, 0.05) is 38.2 Å². The fourth-order valence-electron chi connectivity index (χ4n) is 3.75. The largest absolute Gasteiger partial charge is 0.383 e. The van der Waals surface area contributed by atoms with Gasteiger partial charge >= 0.3 is 0 Å². The second-order valence-corrected chi connectivity index (χ2v) is 8.04. The van der Waals surface area contributed by atoms with E-state index in [4.69, 9.17) is 4.74 Å². The molecule has 2 aliphatic rings. The molecular weight excluding hydrogens is 370 g/mol. The lowest BCUT2D eigenvalue weighted by molar-refractivity contribution is -0.134. The molecule has 3 amide bonds. The lowest BCUT2D eigenvalue weighted by Gasteiger charge is -2.36. The van der Waals surface area contributed by atoms with Crippen molar-refractivity contribution in [2.45, 2.75) is 38.6 Å². The Morgan fingerprint density at radius 3 is 2.34 bits per heavy atom. The highest BCUT2D eigenvalue weighted by Crippen LogP contribution is 2.33. The van der Waals surface area contributed by atoms with Gasteiger partial charge in [0.05, 0.1) is 6.61 Å². The van der Waals surface area contributed by atoms with E-state index in [1.807, 2.05) is 24.0 Å². The second kappa shape index (κ2) is 9.87. The zero-order chi connectivity index (χ0) is 20.8. The fraction of sp³-hybridized carbons (Fsp3) is 0.591. The standard InChI is InChI=1S/C22H31N3O4/c1-15-3-5-17(6-4-15)20(26)24-19(21(27)23-11-14-29-2)16-9-12-25(13-10-16)22(28)18-7-8-18/h3-6,16,18-19H,7-14H2,1-2H3,(H,23,27)(H,24,26)/t19-/m0/s1. The maximum absolute atomic E-state index is 12.8. The first-order valence-electron chi connectivity index (χ1n) is 10.4. The van der Waals surface area contributed by atoms with Gasteiger partial charge in [-0.1, -0.05) is 17.7 Å². The van der Waals surface area contributed by atoms with Crippen LogP contribution in [0.15, 0.2) is 24.3 Å². The van der Waals surface area contributed by atoms with Crippen molar-refractivity contribution < 1.29 is 19.1 Å². The molecular formula is C22H31N3O4. The zero-order valence-electron chi connectivity index (χ0n) is 17.3. The monoisotopic (exact) mass is 401 g/mol. The normalized spacial score (nSPS) is 18.2. The molecule has 0 radical (unpaired) electrons. The number of piperidine rings is 1. The number of methoxy groups -OCH3 is 1. The van der Waals surface area contributed by atoms with Gasteiger partial charge in [-0.25, -0.2) is 0 Å². The van der Waals surface area contributed by atoms with Crippen molar-refractivity contribution in [1.82, 2.24) is 15.5 Å². The highest BCUT2D eigenvalue weighted by Gasteiger charge is 2.38. The molecule has 0 unspecified atom stereocenters. The van der Waals surface area contributed by atoms with E-state index in [1.54, 1.807) is 19.2 Å². The van der Waals surface area contributed by atoms with E-state index in [-0.39, 0.29) is 29.6 Å². The molecule has 1 aliphatic heterocycles. The molecule has 1 saturated heterocycles. The number of amides is 3. The molecule has 3 rings (SSSR count). The van der Waals surface area contributed by atoms with Gasteiger partial charge in [0.2, 0.25) is 11.8 Å². The van der Waals surface area contributed by atoms with E-state index in [1.165, 1.54) is 0 Å². The molecule has 0 aromatic heterocycles. The molecule has 0 bridgehead atoms. The third-order valence-electron chi connectivity index (χ3n) is 5.74. The SMILES string of the molecule is COCCNC(=O)[C@@H](NC(=O)c1ccc(C)cc1)C1CCN(C(=O)C2CC2)CC1. The Bertz CT molecular complexity index is 722. The average molecular weight is 402 g/mol. The number of ether oxygens (including phenoxy) is 1. The molecule has 1 aromatic rings. The van der Waals surface area contributed by atoms with Crippen molar-refractivity contribution in [3.63, 3.8) is 0 Å². The van der Waals surface area contributed by atoms with Crippen molar-refractivity contribution in [1.29, 1.82) is 0 Å². The van der Waals surface area contributed by atoms with Gasteiger partial charge in [0.15, 0.2) is 0 Å². The minimum atomic E-state index is -0.626. The van der Waals surface area contributed by atoms with Crippen LogP contribution in [0.3, 0.4) is 0 Å². The maximum Gasteiger partial charge on any atom is 0.251 e. The Labute approximate surface area is 172 Å². The van der Waals surface area contributed by atoms with Crippen LogP contribution in [-0.2, 0) is 14.3 Å². The average Bonchev–Trinajstić information content (AvgIpc) is 3.57. The number of benzene rings is 1. The lowest BCUT2D eigenvalue weighted by Crippen LogP contribution is -2.54. The zero-order valence-corrected chi connectivity index (χ0v) is 17.3. The van der Waals surface area contributed by atoms with Crippen LogP contribution in [-0.4, -0.2) is 62.0 Å². The molecule has 0 spiro atoms. The van der Waals surface area contributed by atoms with E-state index in [2.05, 4.69) is 10.6 Å². The van der Waals surface area contributed by atoms with Crippen LogP contribution in [0.25, 0.3) is 0 Å². The van der Waals surface area contributed by atoms with Crippen LogP contribution < -0.4 is 10.6 Å². The second-order valence-electron chi connectivity index (χ2n) is 8.04. The van der Waals surface area contributed by atoms with Crippen LogP contribution in [0.5, 0.6) is 0 Å². The summed E-state index contributed by atoms with van der Waals surface area (Å²) in [5.41, 5.74) is 1.61. The highest BCUT2D eigenvalue weighted by atomic mass is 16.5. The van der Waals surface area contributed by atoms with Crippen molar-refractivity contribution in [3.05, 3.63) is 35.4 Å². The van der Waals surface area contributed by atoms with Gasteiger partial charge in [-0.05, 0) is 50.7 Å². The number of nitrogens with zero attached hydrogens (tertiary/aromatic N) is 1. The van der Waals surface area contributed by atoms with Crippen molar-refractivity contribution in [3.8, 4) is 0 Å². The van der Waals surface area contributed by atoms with Crippen LogP contribution in [0.2, 0.25) is 0 Å². The Kier molecular flexibility index (Phi) is 7.25. The number of carbonyl (C=O) groups is 3. The number of nitrogens with one attached hydrogen (secondary N) is 2. The van der Waals surface area contributed by atoms with Gasteiger partial charge in [0.1, 0.15) is 6.04 Å². The number of hydrogen-bond acceptors (Lipinski definition) is 4. The van der Waals surface area contributed by atoms with E-state index < -0.39 is 6.04 Å². The van der Waals surface area contributed by atoms with E-state index in [0.29, 0.717) is 44.6 Å². The Morgan fingerprint density at radius 1 is 1.10 bits per heavy atom. The summed E-state index contributed by atoms with van der Waals surface area (Å²) in [6.07, 6.45) is 3.40. The molecule has 29 heavy (non-hydrogen) atoms. The molecule has 7 nitrogen and oxygen atoms in total. The molecule has 1 atom stereocenters. The van der Waals surface area contributed by atoms with E-state index in [9.17, 15) is 14.4 Å². The molecule has 7 heteroatoms. The molecule has 1 aliphatic carbocycles. The Balaban J connectivity index is 1.64. The topological polar surface area (TPSA) is 87.7 Å². The number of likely N-dealkylation sites (tertiary alicyclic amines) is 1. The summed E-state index contributed by atoms with van der Waals surface area (Å²) in [4.78, 5) is 39.8. The maximum atomic E-state index is 12.8. The molecule has 1 aromatic carbocycles. The minimum Gasteiger partial charge on any atom is -0.383 e. The van der Waals surface area contributed by atoms with Crippen LogP contribution in [0.1, 0.15) is 41.6 Å². The third kappa shape index (κ3) is 5.79. The van der Waals surface area contributed by atoms with Crippen molar-refractivity contribution in [2.75, 3.05) is 33.4 Å². The van der Waals surface area contributed by atoms with Crippen LogP contribution in [0.4, 0.5) is 0 Å². The Hall–Kier alpha value is -2.41. The molecule has 2 fully saturated rings. The molecule has 1 saturated carbocycles. The molecule has 1 heterocycles. The first-order chi connectivity index (χ1) is 14.0. The summed E-state index contributed by atoms with van der Waals surface area (Å²) in [6, 6.07) is 6.66. The van der Waals surface area contributed by atoms with Crippen LogP contribution >= 0.6 is 0 Å². The first kappa shape index (κ1) is 21.3. The van der Waals surface area contributed by atoms with E-state index in [0.717, 1.165) is 18.4 Å². The summed E-state index contributed by atoms with van der Waals surface area (Å²) in [5.74, 6) is -0.00720. The highest BCUT2D eigenvalue weighted by molar-refractivity contribution is 5.97. The number of aryl methyl sites for hydroxylation is 1. The molecule has 158 valence electrons. The quantitative estimate of drug-likeness (QED) is 0.647. The number of hydrogen-bond donors (Lipinski definition) is 2. The third-order valence-corrected chi connectivity index (χ3v) is 5.74. The summed E-state index contributed by atoms with van der Waals surface area (Å²) in [7, 11) is 1.58. The van der Waals surface area contributed by atoms with Gasteiger partial charge in [0.25, 0.3) is 5.91 Å². The summed E-state index contributed by atoms with van der Waals surface area (Å²) < 4.78 is 5.00. The van der Waals surface area contributed by atoms with Gasteiger partial charge in [-0.15, -0.1) is 0 Å². The number of rotatable bonds is 8. The van der Waals surface area contributed by atoms with Gasteiger partial charge in [-0.2, -0.15) is 0 Å². The summed E-state index contributed by atoms with van der Waals surface area (Å²) >= 11 is 0. The molecule has 2 N–H and O–H groups in total. The first-order valence-corrected chi connectivity index (χ1v) is 10.4. The van der Waals surface area contributed by atoms with Crippen molar-refractivity contribution >= 4 is 17.7 Å². The van der Waals surface area contributed by atoms with Crippen LogP contribution in [0, 0.1) is 18.8 Å². The number of carbonyl (C=O) groups excluding carboxylic acids is 3. The fourth-order valence-corrected chi connectivity index (χ4v) is 3.75. The predicted molar refractivity (Wildman–Crippen MR) is 109 cm³/mol. The van der Waals surface area contributed by atoms with Gasteiger partial charge in [-0.3, -0.25) is 14.4 Å². The Morgan fingerprint density at radius 2 is 1.76 bits per heavy atom. The summed E-state index contributed by atoms with van der Waals surface area (Å²) in [6.45, 7) is 4.05. The van der Waals surface area contributed by atoms with Crippen molar-refractivity contribution in [2.24, 2.45) is 11.8 Å². The van der Waals surface area contributed by atoms with E-state index >= 15 is 0 Å². The minimum absolute atomic E-state index is 0.00445. The predicted octanol–water partition coefficient (Wildman–Crippen LogP) is 1.50. The lowest BCUT2D eigenvalue weighted by atomic mass is 9.88. The smallest absolute Gasteiger partial charge is 0.251 e. The van der Waals surface area contributed by atoms with Gasteiger partial charge < -0.3 is 20.3 Å².